The number of piperidine rings is 1. The molecule has 2 fully saturated rings. The van der Waals surface area contributed by atoms with E-state index in [1.165, 1.54) is 7.11 Å². The predicted molar refractivity (Wildman–Crippen MR) is 145 cm³/mol. The Morgan fingerprint density at radius 2 is 1.69 bits per heavy atom. The molecule has 3 atom stereocenters. The number of hydrogen-bond acceptors (Lipinski definition) is 5. The highest BCUT2D eigenvalue weighted by molar-refractivity contribution is 5.74. The molecule has 1 saturated carbocycles. The summed E-state index contributed by atoms with van der Waals surface area (Å²) in [7, 11) is 3.41. The maximum Gasteiger partial charge on any atom is 0.416 e. The van der Waals surface area contributed by atoms with E-state index in [-0.39, 0.29) is 41.9 Å². The van der Waals surface area contributed by atoms with Gasteiger partial charge in [-0.25, -0.2) is 0 Å². The van der Waals surface area contributed by atoms with Crippen LogP contribution in [-0.2, 0) is 28.4 Å². The number of likely N-dealkylation sites (tertiary alicyclic amines) is 1. The number of alkyl halides is 6. The number of esters is 1. The smallest absolute Gasteiger partial charge is 0.416 e. The van der Waals surface area contributed by atoms with E-state index in [1.807, 2.05) is 26.1 Å². The number of ether oxygens (including phenoxy) is 2. The van der Waals surface area contributed by atoms with Gasteiger partial charge < -0.3 is 14.4 Å². The molecule has 1 saturated heterocycles. The number of carbonyl (C=O) groups is 1. The second-order valence-electron chi connectivity index (χ2n) is 11.9. The molecule has 5 rings (SSSR count). The van der Waals surface area contributed by atoms with E-state index < -0.39 is 23.5 Å². The van der Waals surface area contributed by atoms with Crippen molar-refractivity contribution in [1.82, 2.24) is 4.90 Å². The Bertz CT molecular complexity index is 1280. The SMILES string of the molecule is COC(=O)[C@@H](C)[C@H](c1ccc2c(c1)N(C)[C@H](C1CCN(Cc3cc(C(F)(F)F)ccc3C(F)(F)F)CC1)CO2)C1CC1. The van der Waals surface area contributed by atoms with Crippen molar-refractivity contribution >= 4 is 11.7 Å². The van der Waals surface area contributed by atoms with Crippen LogP contribution in [0.5, 0.6) is 5.75 Å². The van der Waals surface area contributed by atoms with E-state index in [1.54, 1.807) is 4.90 Å². The predicted octanol–water partition coefficient (Wildman–Crippen LogP) is 7.14. The number of hydrogen-bond donors (Lipinski definition) is 0. The zero-order chi connectivity index (χ0) is 30.4. The molecule has 3 aliphatic rings. The van der Waals surface area contributed by atoms with Crippen LogP contribution in [0.15, 0.2) is 36.4 Å². The van der Waals surface area contributed by atoms with Gasteiger partial charge in [0.2, 0.25) is 0 Å². The zero-order valence-electron chi connectivity index (χ0n) is 23.9. The van der Waals surface area contributed by atoms with E-state index in [4.69, 9.17) is 9.47 Å². The Morgan fingerprint density at radius 1 is 1.00 bits per heavy atom. The van der Waals surface area contributed by atoms with Gasteiger partial charge in [0.25, 0.3) is 0 Å². The summed E-state index contributed by atoms with van der Waals surface area (Å²) in [5, 5.41) is 0. The fraction of sp³-hybridized carbons (Fsp3) is 0.581. The van der Waals surface area contributed by atoms with Gasteiger partial charge in [-0.2, -0.15) is 26.3 Å². The second kappa shape index (κ2) is 11.6. The van der Waals surface area contributed by atoms with Crippen LogP contribution in [0.4, 0.5) is 32.0 Å². The molecule has 230 valence electrons. The molecule has 0 bridgehead atoms. The topological polar surface area (TPSA) is 42.0 Å². The second-order valence-corrected chi connectivity index (χ2v) is 11.9. The van der Waals surface area contributed by atoms with Gasteiger partial charge in [0.15, 0.2) is 0 Å². The summed E-state index contributed by atoms with van der Waals surface area (Å²) >= 11 is 0. The molecule has 2 heterocycles. The minimum absolute atomic E-state index is 0.0339. The number of halogens is 6. The Labute approximate surface area is 241 Å². The number of benzene rings is 2. The van der Waals surface area contributed by atoms with Gasteiger partial charge >= 0.3 is 18.3 Å². The average Bonchev–Trinajstić information content (AvgIpc) is 3.78. The monoisotopic (exact) mass is 598 g/mol. The van der Waals surface area contributed by atoms with Crippen molar-refractivity contribution in [2.45, 2.75) is 63.5 Å². The first-order chi connectivity index (χ1) is 19.8. The first kappa shape index (κ1) is 30.5. The third-order valence-corrected chi connectivity index (χ3v) is 9.20. The molecule has 1 aliphatic carbocycles. The minimum Gasteiger partial charge on any atom is -0.489 e. The fourth-order valence-corrected chi connectivity index (χ4v) is 6.73. The number of methoxy groups -OCH3 is 1. The first-order valence-electron chi connectivity index (χ1n) is 14.3. The number of carbonyl (C=O) groups excluding carboxylic acids is 1. The third-order valence-electron chi connectivity index (χ3n) is 9.20. The van der Waals surface area contributed by atoms with Gasteiger partial charge in [0.1, 0.15) is 12.4 Å². The Balaban J connectivity index is 1.28. The maximum atomic E-state index is 13.6. The van der Waals surface area contributed by atoms with Crippen LogP contribution < -0.4 is 9.64 Å². The van der Waals surface area contributed by atoms with Crippen LogP contribution in [-0.4, -0.2) is 50.8 Å². The van der Waals surface area contributed by atoms with E-state index >= 15 is 0 Å². The molecule has 2 aromatic carbocycles. The lowest BCUT2D eigenvalue weighted by Gasteiger charge is -2.43. The fourth-order valence-electron chi connectivity index (χ4n) is 6.73. The molecular weight excluding hydrogens is 562 g/mol. The molecule has 42 heavy (non-hydrogen) atoms. The van der Waals surface area contributed by atoms with Crippen LogP contribution in [0.2, 0.25) is 0 Å². The normalized spacial score (nSPS) is 21.8. The lowest BCUT2D eigenvalue weighted by molar-refractivity contribution is -0.145. The van der Waals surface area contributed by atoms with E-state index in [0.717, 1.165) is 29.8 Å². The summed E-state index contributed by atoms with van der Waals surface area (Å²) in [6.45, 7) is 3.10. The van der Waals surface area contributed by atoms with Crippen molar-refractivity contribution in [3.63, 3.8) is 0 Å². The molecule has 0 amide bonds. The summed E-state index contributed by atoms with van der Waals surface area (Å²) in [4.78, 5) is 16.4. The van der Waals surface area contributed by atoms with E-state index in [9.17, 15) is 31.1 Å². The molecule has 11 heteroatoms. The number of fused-ring (bicyclic) bond motifs is 1. The summed E-state index contributed by atoms with van der Waals surface area (Å²) < 4.78 is 91.7. The number of nitrogens with zero attached hydrogens (tertiary/aromatic N) is 2. The van der Waals surface area contributed by atoms with Crippen molar-refractivity contribution in [3.8, 4) is 5.75 Å². The van der Waals surface area contributed by atoms with Crippen LogP contribution >= 0.6 is 0 Å². The van der Waals surface area contributed by atoms with E-state index in [2.05, 4.69) is 11.0 Å². The lowest BCUT2D eigenvalue weighted by Crippen LogP contribution is -2.49. The zero-order valence-corrected chi connectivity index (χ0v) is 23.9. The minimum atomic E-state index is -4.74. The average molecular weight is 599 g/mol. The van der Waals surface area contributed by atoms with Crippen molar-refractivity contribution in [2.24, 2.45) is 17.8 Å². The van der Waals surface area contributed by atoms with Crippen molar-refractivity contribution in [1.29, 1.82) is 0 Å². The molecule has 0 N–H and O–H groups in total. The summed E-state index contributed by atoms with van der Waals surface area (Å²) in [6.07, 6.45) is -5.96. The number of anilines is 1. The van der Waals surface area contributed by atoms with Crippen LogP contribution in [0, 0.1) is 17.8 Å². The highest BCUT2D eigenvalue weighted by atomic mass is 19.4. The maximum absolute atomic E-state index is 13.6. The van der Waals surface area contributed by atoms with Gasteiger partial charge in [-0.1, -0.05) is 13.0 Å². The van der Waals surface area contributed by atoms with Crippen LogP contribution in [0.3, 0.4) is 0 Å². The molecule has 2 aromatic rings. The first-order valence-corrected chi connectivity index (χ1v) is 14.3. The summed E-state index contributed by atoms with van der Waals surface area (Å²) in [6, 6.07) is 7.76. The summed E-state index contributed by atoms with van der Waals surface area (Å²) in [5.41, 5.74) is -0.461. The van der Waals surface area contributed by atoms with Gasteiger partial charge in [-0.3, -0.25) is 9.69 Å². The summed E-state index contributed by atoms with van der Waals surface area (Å²) in [5.74, 6) is 0.940. The van der Waals surface area contributed by atoms with Gasteiger partial charge in [0, 0.05) is 13.6 Å². The number of likely N-dealkylation sites (N-methyl/N-ethyl adjacent to an activating group) is 1. The Kier molecular flexibility index (Phi) is 8.44. The highest BCUT2D eigenvalue weighted by Gasteiger charge is 2.41. The van der Waals surface area contributed by atoms with Gasteiger partial charge in [0.05, 0.1) is 35.9 Å². The molecule has 0 spiro atoms. The molecule has 2 aliphatic heterocycles. The van der Waals surface area contributed by atoms with Crippen molar-refractivity contribution in [2.75, 3.05) is 38.8 Å². The Hall–Kier alpha value is -2.95. The molecule has 5 nitrogen and oxygen atoms in total. The molecule has 0 unspecified atom stereocenters. The van der Waals surface area contributed by atoms with Crippen LogP contribution in [0.25, 0.3) is 0 Å². The third kappa shape index (κ3) is 6.35. The van der Waals surface area contributed by atoms with Crippen molar-refractivity contribution in [3.05, 3.63) is 58.7 Å². The molecule has 0 aromatic heterocycles. The van der Waals surface area contributed by atoms with Crippen molar-refractivity contribution < 1.29 is 40.6 Å². The Morgan fingerprint density at radius 3 is 2.29 bits per heavy atom. The standard InChI is InChI=1S/C31H36F6N2O3/c1-18(29(40)41-3)28(20-4-5-20)21-6-9-27-25(15-21)38(2)26(17-42-27)19-10-12-39(13-11-19)16-22-14-23(30(32,33)34)7-8-24(22)31(35,36)37/h6-9,14-15,18-20,26,28H,4-5,10-13,16-17H2,1-3H3/t18-,26-,28-/m0/s1. The highest BCUT2D eigenvalue weighted by Crippen LogP contribution is 2.49. The largest absolute Gasteiger partial charge is 0.489 e. The molecular formula is C31H36F6N2O3. The quantitative estimate of drug-likeness (QED) is 0.251. The number of rotatable bonds is 7. The van der Waals surface area contributed by atoms with Gasteiger partial charge in [-0.05, 0) is 98.0 Å². The molecule has 0 radical (unpaired) electrons. The van der Waals surface area contributed by atoms with Gasteiger partial charge in [-0.15, -0.1) is 0 Å². The lowest BCUT2D eigenvalue weighted by atomic mass is 9.82. The van der Waals surface area contributed by atoms with Crippen LogP contribution in [0.1, 0.15) is 60.8 Å². The van der Waals surface area contributed by atoms with E-state index in [0.29, 0.717) is 56.7 Å².